The van der Waals surface area contributed by atoms with Gasteiger partial charge in [0, 0.05) is 5.02 Å². The number of methoxy groups -OCH3 is 2. The molecule has 1 heterocycles. The maximum Gasteiger partial charge on any atom is 0.344 e. The summed E-state index contributed by atoms with van der Waals surface area (Å²) in [6, 6.07) is 11.5. The van der Waals surface area contributed by atoms with E-state index in [-0.39, 0.29) is 17.1 Å². The number of halogens is 1. The predicted molar refractivity (Wildman–Crippen MR) is 110 cm³/mol. The van der Waals surface area contributed by atoms with E-state index in [4.69, 9.17) is 21.1 Å². The molecule has 8 heteroatoms. The minimum Gasteiger partial charge on any atom is -0.506 e. The molecule has 1 aliphatic rings. The molecule has 0 saturated heterocycles. The zero-order valence-electron chi connectivity index (χ0n) is 15.0. The van der Waals surface area contributed by atoms with Gasteiger partial charge in [0.2, 0.25) is 0 Å². The van der Waals surface area contributed by atoms with Crippen LogP contribution in [0.4, 0.5) is 5.69 Å². The molecule has 0 aromatic heterocycles. The van der Waals surface area contributed by atoms with E-state index >= 15 is 0 Å². The number of nitrogens with zero attached hydrogens (tertiary/aromatic N) is 1. The summed E-state index contributed by atoms with van der Waals surface area (Å²) in [5.41, 5.74) is 1.23. The van der Waals surface area contributed by atoms with Gasteiger partial charge in [0.05, 0.1) is 24.8 Å². The molecule has 0 radical (unpaired) electrons. The van der Waals surface area contributed by atoms with Gasteiger partial charge >= 0.3 is 5.97 Å². The van der Waals surface area contributed by atoms with Crippen LogP contribution in [0.2, 0.25) is 5.02 Å². The quantitative estimate of drug-likeness (QED) is 0.691. The number of aliphatic imine (C=N–C) groups is 1. The molecular weight excluding hydrogens is 402 g/mol. The SMILES string of the molecule is COC(=O)C1=C(O)C(=Cc2ccc(O)c(OC)c2)SC1=Nc1ccc(Cl)cc1. The van der Waals surface area contributed by atoms with Crippen molar-refractivity contribution in [3.63, 3.8) is 0 Å². The lowest BCUT2D eigenvalue weighted by Crippen LogP contribution is -2.10. The van der Waals surface area contributed by atoms with E-state index in [1.54, 1.807) is 42.5 Å². The van der Waals surface area contributed by atoms with Gasteiger partial charge in [0.15, 0.2) is 11.5 Å². The summed E-state index contributed by atoms with van der Waals surface area (Å²) in [5.74, 6) is -0.617. The Labute approximate surface area is 170 Å². The molecule has 2 N–H and O–H groups in total. The van der Waals surface area contributed by atoms with Gasteiger partial charge in [-0.2, -0.15) is 0 Å². The van der Waals surface area contributed by atoms with Crippen LogP contribution in [0.15, 0.2) is 63.7 Å². The fraction of sp³-hybridized carbons (Fsp3) is 0.100. The predicted octanol–water partition coefficient (Wildman–Crippen LogP) is 4.86. The van der Waals surface area contributed by atoms with Gasteiger partial charge in [0.1, 0.15) is 16.4 Å². The first kappa shape index (κ1) is 19.9. The Bertz CT molecular complexity index is 1010. The van der Waals surface area contributed by atoms with Crippen LogP contribution in [0.3, 0.4) is 0 Å². The molecule has 0 saturated carbocycles. The van der Waals surface area contributed by atoms with Crippen LogP contribution in [-0.2, 0) is 9.53 Å². The number of thioether (sulfide) groups is 1. The molecule has 0 fully saturated rings. The zero-order valence-corrected chi connectivity index (χ0v) is 16.5. The number of ether oxygens (including phenoxy) is 2. The van der Waals surface area contributed by atoms with Crippen molar-refractivity contribution in [2.75, 3.05) is 14.2 Å². The van der Waals surface area contributed by atoms with Crippen LogP contribution in [0, 0.1) is 0 Å². The summed E-state index contributed by atoms with van der Waals surface area (Å²) in [4.78, 5) is 17.0. The van der Waals surface area contributed by atoms with Crippen LogP contribution in [-0.4, -0.2) is 35.4 Å². The van der Waals surface area contributed by atoms with Crippen molar-refractivity contribution in [3.05, 3.63) is 69.3 Å². The third-order valence-electron chi connectivity index (χ3n) is 3.84. The Kier molecular flexibility index (Phi) is 5.96. The molecule has 3 rings (SSSR count). The van der Waals surface area contributed by atoms with Crippen molar-refractivity contribution in [2.45, 2.75) is 0 Å². The third-order valence-corrected chi connectivity index (χ3v) is 5.11. The highest BCUT2D eigenvalue weighted by atomic mass is 35.5. The molecule has 2 aromatic carbocycles. The standard InChI is InChI=1S/C20H16ClNO5S/c1-26-15-9-11(3-8-14(15)23)10-16-18(24)17(20(25)27-2)19(28-16)22-13-6-4-12(21)5-7-13/h3-10,23-24H,1-2H3. The van der Waals surface area contributed by atoms with E-state index in [2.05, 4.69) is 4.99 Å². The van der Waals surface area contributed by atoms with E-state index in [1.165, 1.54) is 20.3 Å². The number of aromatic hydroxyl groups is 1. The minimum absolute atomic E-state index is 0.00345. The Morgan fingerprint density at radius 2 is 1.86 bits per heavy atom. The van der Waals surface area contributed by atoms with Crippen LogP contribution in [0.1, 0.15) is 5.56 Å². The lowest BCUT2D eigenvalue weighted by Gasteiger charge is -2.04. The van der Waals surface area contributed by atoms with Crippen LogP contribution >= 0.6 is 23.4 Å². The molecule has 2 aromatic rings. The molecule has 0 aliphatic carbocycles. The fourth-order valence-electron chi connectivity index (χ4n) is 2.46. The monoisotopic (exact) mass is 417 g/mol. The molecular formula is C20H16ClNO5S. The van der Waals surface area contributed by atoms with E-state index in [0.717, 1.165) is 11.8 Å². The Morgan fingerprint density at radius 1 is 1.14 bits per heavy atom. The molecule has 0 amide bonds. The molecule has 0 atom stereocenters. The highest BCUT2D eigenvalue weighted by Gasteiger charge is 2.33. The number of carbonyl (C=O) groups is 1. The number of esters is 1. The first-order valence-electron chi connectivity index (χ1n) is 8.06. The van der Waals surface area contributed by atoms with Crippen molar-refractivity contribution in [1.29, 1.82) is 0 Å². The van der Waals surface area contributed by atoms with E-state index in [1.807, 2.05) is 0 Å². The highest BCUT2D eigenvalue weighted by molar-refractivity contribution is 8.18. The largest absolute Gasteiger partial charge is 0.506 e. The highest BCUT2D eigenvalue weighted by Crippen LogP contribution is 2.40. The second kappa shape index (κ2) is 8.41. The molecule has 1 aliphatic heterocycles. The Balaban J connectivity index is 2.03. The summed E-state index contributed by atoms with van der Waals surface area (Å²) >= 11 is 7.02. The van der Waals surface area contributed by atoms with Gasteiger partial charge in [-0.1, -0.05) is 29.4 Å². The summed E-state index contributed by atoms with van der Waals surface area (Å²) in [6.45, 7) is 0. The third kappa shape index (κ3) is 4.16. The normalized spacial score (nSPS) is 16.7. The number of hydrogen-bond acceptors (Lipinski definition) is 7. The van der Waals surface area contributed by atoms with E-state index < -0.39 is 5.97 Å². The van der Waals surface area contributed by atoms with Gasteiger partial charge in [-0.25, -0.2) is 9.79 Å². The van der Waals surface area contributed by atoms with Crippen LogP contribution in [0.5, 0.6) is 11.5 Å². The number of phenolic OH excluding ortho intramolecular Hbond substituents is 1. The summed E-state index contributed by atoms with van der Waals surface area (Å²) < 4.78 is 9.88. The smallest absolute Gasteiger partial charge is 0.344 e. The summed E-state index contributed by atoms with van der Waals surface area (Å²) in [5, 5.41) is 21.2. The van der Waals surface area contributed by atoms with Gasteiger partial charge < -0.3 is 19.7 Å². The number of phenols is 1. The summed E-state index contributed by atoms with van der Waals surface area (Å²) in [6.07, 6.45) is 1.66. The number of hydrogen-bond donors (Lipinski definition) is 2. The number of aliphatic hydroxyl groups excluding tert-OH is 1. The summed E-state index contributed by atoms with van der Waals surface area (Å²) in [7, 11) is 2.68. The molecule has 0 bridgehead atoms. The second-order valence-electron chi connectivity index (χ2n) is 5.65. The Morgan fingerprint density at radius 3 is 2.50 bits per heavy atom. The number of rotatable bonds is 4. The number of benzene rings is 2. The van der Waals surface area contributed by atoms with Crippen molar-refractivity contribution in [1.82, 2.24) is 0 Å². The first-order chi connectivity index (χ1) is 13.4. The molecule has 0 spiro atoms. The lowest BCUT2D eigenvalue weighted by atomic mass is 10.1. The lowest BCUT2D eigenvalue weighted by molar-refractivity contribution is -0.135. The van der Waals surface area contributed by atoms with E-state index in [9.17, 15) is 15.0 Å². The average molecular weight is 418 g/mol. The molecule has 144 valence electrons. The van der Waals surface area contributed by atoms with Crippen LogP contribution < -0.4 is 4.74 Å². The zero-order chi connectivity index (χ0) is 20.3. The van der Waals surface area contributed by atoms with Gasteiger partial charge in [-0.15, -0.1) is 0 Å². The van der Waals surface area contributed by atoms with E-state index in [0.29, 0.717) is 32.0 Å². The minimum atomic E-state index is -0.690. The molecule has 6 nitrogen and oxygen atoms in total. The second-order valence-corrected chi connectivity index (χ2v) is 7.12. The van der Waals surface area contributed by atoms with Crippen molar-refractivity contribution >= 4 is 46.1 Å². The van der Waals surface area contributed by atoms with Gasteiger partial charge in [-0.05, 0) is 48.0 Å². The maximum atomic E-state index is 12.2. The molecule has 0 unspecified atom stereocenters. The first-order valence-corrected chi connectivity index (χ1v) is 9.25. The van der Waals surface area contributed by atoms with Crippen molar-refractivity contribution < 1.29 is 24.5 Å². The van der Waals surface area contributed by atoms with Gasteiger partial charge in [0.25, 0.3) is 0 Å². The Hall–Kier alpha value is -2.90. The van der Waals surface area contributed by atoms with Gasteiger partial charge in [-0.3, -0.25) is 0 Å². The topological polar surface area (TPSA) is 88.4 Å². The number of aliphatic hydroxyl groups is 1. The average Bonchev–Trinajstić information content (AvgIpc) is 2.99. The van der Waals surface area contributed by atoms with Crippen molar-refractivity contribution in [3.8, 4) is 11.5 Å². The fourth-order valence-corrected chi connectivity index (χ4v) is 3.62. The molecule has 28 heavy (non-hydrogen) atoms. The number of carbonyl (C=O) groups excluding carboxylic acids is 1. The van der Waals surface area contributed by atoms with Crippen LogP contribution in [0.25, 0.3) is 6.08 Å². The van der Waals surface area contributed by atoms with Crippen molar-refractivity contribution in [2.24, 2.45) is 4.99 Å². The maximum absolute atomic E-state index is 12.2.